The number of benzene rings is 1. The van der Waals surface area contributed by atoms with E-state index in [1.165, 1.54) is 7.11 Å². The van der Waals surface area contributed by atoms with E-state index >= 15 is 0 Å². The monoisotopic (exact) mass is 356 g/mol. The van der Waals surface area contributed by atoms with E-state index in [0.29, 0.717) is 24.1 Å². The fourth-order valence-electron chi connectivity index (χ4n) is 3.50. The van der Waals surface area contributed by atoms with Gasteiger partial charge in [-0.3, -0.25) is 19.3 Å². The van der Waals surface area contributed by atoms with Crippen LogP contribution in [0.3, 0.4) is 0 Å². The van der Waals surface area contributed by atoms with Gasteiger partial charge in [-0.1, -0.05) is 24.3 Å². The molecule has 0 aromatic heterocycles. The Morgan fingerprint density at radius 2 is 1.77 bits per heavy atom. The Morgan fingerprint density at radius 1 is 1.15 bits per heavy atom. The van der Waals surface area contributed by atoms with Gasteiger partial charge in [-0.2, -0.15) is 0 Å². The number of methoxy groups -OCH3 is 1. The largest absolute Gasteiger partial charge is 0.465 e. The molecule has 1 aliphatic carbocycles. The highest BCUT2D eigenvalue weighted by Crippen LogP contribution is 2.34. The second-order valence-corrected chi connectivity index (χ2v) is 6.46. The lowest BCUT2D eigenvalue weighted by Gasteiger charge is -2.16. The first-order chi connectivity index (χ1) is 12.4. The number of likely N-dealkylation sites (tertiary alicyclic amines) is 1. The summed E-state index contributed by atoms with van der Waals surface area (Å²) in [5, 5.41) is 2.61. The summed E-state index contributed by atoms with van der Waals surface area (Å²) in [5.41, 5.74) is 1.19. The molecular weight excluding hydrogens is 336 g/mol. The molecule has 7 nitrogen and oxygen atoms in total. The summed E-state index contributed by atoms with van der Waals surface area (Å²) >= 11 is 0. The third-order valence-corrected chi connectivity index (χ3v) is 4.84. The summed E-state index contributed by atoms with van der Waals surface area (Å²) in [6.07, 6.45) is 4.84. The Labute approximate surface area is 151 Å². The smallest absolute Gasteiger partial charge is 0.340 e. The van der Waals surface area contributed by atoms with Gasteiger partial charge in [0.05, 0.1) is 30.2 Å². The highest BCUT2D eigenvalue weighted by molar-refractivity contribution is 6.09. The highest BCUT2D eigenvalue weighted by Gasteiger charge is 2.47. The number of ether oxygens (including phenoxy) is 1. The number of imide groups is 1. The topological polar surface area (TPSA) is 92.8 Å². The lowest BCUT2D eigenvalue weighted by Crippen LogP contribution is -2.38. The van der Waals surface area contributed by atoms with E-state index in [1.54, 1.807) is 25.1 Å². The minimum absolute atomic E-state index is 0.250. The van der Waals surface area contributed by atoms with Gasteiger partial charge in [-0.15, -0.1) is 0 Å². The van der Waals surface area contributed by atoms with Crippen molar-refractivity contribution in [2.24, 2.45) is 11.8 Å². The molecule has 1 aliphatic heterocycles. The van der Waals surface area contributed by atoms with E-state index in [-0.39, 0.29) is 35.8 Å². The molecule has 7 heteroatoms. The van der Waals surface area contributed by atoms with Gasteiger partial charge in [-0.25, -0.2) is 4.79 Å². The lowest BCUT2D eigenvalue weighted by atomic mass is 9.85. The molecule has 0 unspecified atom stereocenters. The molecule has 1 heterocycles. The number of hydrogen-bond donors (Lipinski definition) is 1. The molecule has 3 rings (SSSR count). The van der Waals surface area contributed by atoms with Crippen molar-refractivity contribution in [1.29, 1.82) is 0 Å². The first-order valence-electron chi connectivity index (χ1n) is 8.42. The number of nitrogens with one attached hydrogen (secondary N) is 1. The second kappa shape index (κ2) is 7.11. The van der Waals surface area contributed by atoms with Gasteiger partial charge in [0.25, 0.3) is 0 Å². The number of allylic oxidation sites excluding steroid dienone is 2. The zero-order valence-corrected chi connectivity index (χ0v) is 14.7. The van der Waals surface area contributed by atoms with Crippen LogP contribution in [0.15, 0.2) is 30.4 Å². The summed E-state index contributed by atoms with van der Waals surface area (Å²) in [4.78, 5) is 50.3. The summed E-state index contributed by atoms with van der Waals surface area (Å²) in [6.45, 7) is 1.37. The van der Waals surface area contributed by atoms with Crippen molar-refractivity contribution in [2.45, 2.75) is 19.8 Å². The molecular formula is C19H20N2O5. The summed E-state index contributed by atoms with van der Waals surface area (Å²) in [5.74, 6) is -2.46. The number of esters is 1. The molecule has 1 N–H and O–H groups in total. The molecule has 136 valence electrons. The maximum atomic E-state index is 12.4. The van der Waals surface area contributed by atoms with Crippen LogP contribution in [0, 0.1) is 18.8 Å². The van der Waals surface area contributed by atoms with Crippen molar-refractivity contribution in [3.63, 3.8) is 0 Å². The predicted molar refractivity (Wildman–Crippen MR) is 93.2 cm³/mol. The third-order valence-electron chi connectivity index (χ3n) is 4.84. The second-order valence-electron chi connectivity index (χ2n) is 6.46. The standard InChI is InChI=1S/C19H20N2O5/c1-11-6-5-9-14(16(11)19(25)26-2)20-15(22)10-21-17(23)12-7-3-4-8-13(12)18(21)24/h3-6,9,12-13H,7-8,10H2,1-2H3,(H,20,22)/t12-,13+. The molecule has 1 saturated heterocycles. The fourth-order valence-corrected chi connectivity index (χ4v) is 3.50. The van der Waals surface area contributed by atoms with E-state index in [1.807, 2.05) is 12.2 Å². The number of hydrogen-bond acceptors (Lipinski definition) is 5. The zero-order chi connectivity index (χ0) is 18.8. The first-order valence-corrected chi connectivity index (χ1v) is 8.42. The van der Waals surface area contributed by atoms with Crippen molar-refractivity contribution in [1.82, 2.24) is 4.90 Å². The zero-order valence-electron chi connectivity index (χ0n) is 14.7. The molecule has 0 radical (unpaired) electrons. The fraction of sp³-hybridized carbons (Fsp3) is 0.368. The van der Waals surface area contributed by atoms with Crippen LogP contribution >= 0.6 is 0 Å². The van der Waals surface area contributed by atoms with Crippen molar-refractivity contribution in [2.75, 3.05) is 19.0 Å². The number of carbonyl (C=O) groups excluding carboxylic acids is 4. The van der Waals surface area contributed by atoms with Crippen molar-refractivity contribution in [3.8, 4) is 0 Å². The predicted octanol–water partition coefficient (Wildman–Crippen LogP) is 1.67. The van der Waals surface area contributed by atoms with Crippen LogP contribution in [0.1, 0.15) is 28.8 Å². The van der Waals surface area contributed by atoms with Gasteiger partial charge in [-0.05, 0) is 31.4 Å². The van der Waals surface area contributed by atoms with Crippen LogP contribution < -0.4 is 5.32 Å². The molecule has 0 bridgehead atoms. The van der Waals surface area contributed by atoms with Crippen LogP contribution in [0.2, 0.25) is 0 Å². The number of amides is 3. The molecule has 1 fully saturated rings. The van der Waals surface area contributed by atoms with Gasteiger partial charge in [0.15, 0.2) is 0 Å². The minimum Gasteiger partial charge on any atom is -0.465 e. The highest BCUT2D eigenvalue weighted by atomic mass is 16.5. The van der Waals surface area contributed by atoms with Gasteiger partial charge >= 0.3 is 5.97 Å². The Bertz CT molecular complexity index is 788. The Hall–Kier alpha value is -2.96. The van der Waals surface area contributed by atoms with Crippen LogP contribution in [-0.2, 0) is 19.1 Å². The summed E-state index contributed by atoms with van der Waals surface area (Å²) in [6, 6.07) is 5.01. The van der Waals surface area contributed by atoms with Crippen LogP contribution in [0.25, 0.3) is 0 Å². The van der Waals surface area contributed by atoms with Gasteiger partial charge in [0.1, 0.15) is 6.54 Å². The van der Waals surface area contributed by atoms with Gasteiger partial charge in [0, 0.05) is 0 Å². The number of carbonyl (C=O) groups is 4. The van der Waals surface area contributed by atoms with E-state index < -0.39 is 11.9 Å². The van der Waals surface area contributed by atoms with Gasteiger partial charge in [0.2, 0.25) is 17.7 Å². The maximum Gasteiger partial charge on any atom is 0.340 e. The lowest BCUT2D eigenvalue weighted by molar-refractivity contribution is -0.142. The minimum atomic E-state index is -0.566. The Morgan fingerprint density at radius 3 is 2.35 bits per heavy atom. The van der Waals surface area contributed by atoms with Crippen molar-refractivity contribution >= 4 is 29.4 Å². The molecule has 1 aromatic carbocycles. The van der Waals surface area contributed by atoms with Crippen LogP contribution in [0.4, 0.5) is 5.69 Å². The number of aryl methyl sites for hydroxylation is 1. The number of fused-ring (bicyclic) bond motifs is 1. The number of anilines is 1. The molecule has 0 spiro atoms. The Kier molecular flexibility index (Phi) is 4.88. The van der Waals surface area contributed by atoms with Crippen LogP contribution in [-0.4, -0.2) is 42.2 Å². The average molecular weight is 356 g/mol. The molecule has 3 amide bonds. The molecule has 26 heavy (non-hydrogen) atoms. The number of rotatable bonds is 4. The maximum absolute atomic E-state index is 12.4. The van der Waals surface area contributed by atoms with Crippen molar-refractivity contribution < 1.29 is 23.9 Å². The van der Waals surface area contributed by atoms with E-state index in [0.717, 1.165) is 4.90 Å². The van der Waals surface area contributed by atoms with Crippen LogP contribution in [0.5, 0.6) is 0 Å². The Balaban J connectivity index is 1.74. The molecule has 2 atom stereocenters. The molecule has 2 aliphatic rings. The quantitative estimate of drug-likeness (QED) is 0.503. The summed E-state index contributed by atoms with van der Waals surface area (Å²) in [7, 11) is 1.26. The molecule has 1 aromatic rings. The average Bonchev–Trinajstić information content (AvgIpc) is 2.86. The van der Waals surface area contributed by atoms with E-state index in [4.69, 9.17) is 4.74 Å². The molecule has 0 saturated carbocycles. The third kappa shape index (κ3) is 3.12. The SMILES string of the molecule is COC(=O)c1c(C)cccc1NC(=O)CN1C(=O)[C@H]2CC=CC[C@H]2C1=O. The first kappa shape index (κ1) is 17.8. The van der Waals surface area contributed by atoms with Crippen molar-refractivity contribution in [3.05, 3.63) is 41.5 Å². The van der Waals surface area contributed by atoms with E-state index in [2.05, 4.69) is 5.32 Å². The number of nitrogens with zero attached hydrogens (tertiary/aromatic N) is 1. The van der Waals surface area contributed by atoms with Gasteiger partial charge < -0.3 is 10.1 Å². The van der Waals surface area contributed by atoms with E-state index in [9.17, 15) is 19.2 Å². The normalized spacial score (nSPS) is 21.5. The summed E-state index contributed by atoms with van der Waals surface area (Å²) < 4.78 is 4.76.